The molecule has 1 aromatic carbocycles. The van der Waals surface area contributed by atoms with E-state index in [2.05, 4.69) is 25.3 Å². The number of nitrogen functional groups attached to an aromatic ring is 2. The van der Waals surface area contributed by atoms with Gasteiger partial charge in [0.05, 0.1) is 0 Å². The van der Waals surface area contributed by atoms with E-state index in [1.54, 1.807) is 12.1 Å². The molecule has 0 atom stereocenters. The second-order valence-electron chi connectivity index (χ2n) is 2.27. The van der Waals surface area contributed by atoms with Crippen LogP contribution in [-0.4, -0.2) is 0 Å². The molecule has 4 heteroatoms. The van der Waals surface area contributed by atoms with E-state index in [-0.39, 0.29) is 0 Å². The molecule has 11 heavy (non-hydrogen) atoms. The molecule has 1 rings (SSSR count). The molecule has 4 N–H and O–H groups in total. The monoisotopic (exact) mass is 186 g/mol. The third-order valence-electron chi connectivity index (χ3n) is 1.46. The normalized spacial score (nSPS) is 10.0. The summed E-state index contributed by atoms with van der Waals surface area (Å²) >= 11 is 8.22. The minimum Gasteiger partial charge on any atom is -0.398 e. The summed E-state index contributed by atoms with van der Waals surface area (Å²) in [6.45, 7) is 0. The van der Waals surface area contributed by atoms with Crippen LogP contribution in [0.1, 0.15) is 5.56 Å². The van der Waals surface area contributed by atoms with Gasteiger partial charge in [0, 0.05) is 22.0 Å². The largest absolute Gasteiger partial charge is 0.398 e. The first-order valence-corrected chi connectivity index (χ1v) is 4.21. The Bertz CT molecular complexity index is 273. The summed E-state index contributed by atoms with van der Waals surface area (Å²) in [6.07, 6.45) is 0. The van der Waals surface area contributed by atoms with E-state index in [4.69, 9.17) is 11.5 Å². The molecule has 0 bridgehead atoms. The highest BCUT2D eigenvalue weighted by Crippen LogP contribution is 2.24. The fraction of sp³-hybridized carbons (Fsp3) is 0.143. The van der Waals surface area contributed by atoms with E-state index in [9.17, 15) is 0 Å². The van der Waals surface area contributed by atoms with Crippen molar-refractivity contribution in [2.75, 3.05) is 11.5 Å². The van der Waals surface area contributed by atoms with Crippen LogP contribution in [0.3, 0.4) is 0 Å². The molecule has 0 amide bonds. The number of hydrogen-bond acceptors (Lipinski definition) is 4. The number of thiol groups is 2. The van der Waals surface area contributed by atoms with Gasteiger partial charge in [-0.05, 0) is 17.7 Å². The Kier molecular flexibility index (Phi) is 2.57. The summed E-state index contributed by atoms with van der Waals surface area (Å²) in [6, 6.07) is 3.54. The topological polar surface area (TPSA) is 52.0 Å². The summed E-state index contributed by atoms with van der Waals surface area (Å²) in [5, 5.41) is 0. The third-order valence-corrected chi connectivity index (χ3v) is 2.19. The number of anilines is 2. The maximum Gasteiger partial charge on any atom is 0.0454 e. The smallest absolute Gasteiger partial charge is 0.0454 e. The van der Waals surface area contributed by atoms with Crippen LogP contribution in [0.25, 0.3) is 0 Å². The zero-order valence-corrected chi connectivity index (χ0v) is 7.70. The predicted molar refractivity (Wildman–Crippen MR) is 55.2 cm³/mol. The maximum atomic E-state index is 5.65. The molecular formula is C7H10N2S2. The third kappa shape index (κ3) is 1.75. The number of hydrogen-bond donors (Lipinski definition) is 4. The molecule has 0 saturated heterocycles. The van der Waals surface area contributed by atoms with Crippen molar-refractivity contribution in [2.45, 2.75) is 10.6 Å². The lowest BCUT2D eigenvalue weighted by molar-refractivity contribution is 1.37. The molecule has 0 aliphatic heterocycles. The Balaban J connectivity index is 3.21. The Labute approximate surface area is 76.8 Å². The molecule has 0 aliphatic carbocycles. The number of rotatable bonds is 1. The highest BCUT2D eigenvalue weighted by Gasteiger charge is 2.00. The summed E-state index contributed by atoms with van der Waals surface area (Å²) in [4.78, 5) is 0.716. The van der Waals surface area contributed by atoms with Gasteiger partial charge in [0.25, 0.3) is 0 Å². The van der Waals surface area contributed by atoms with Crippen LogP contribution in [0.15, 0.2) is 17.0 Å². The lowest BCUT2D eigenvalue weighted by atomic mass is 10.2. The van der Waals surface area contributed by atoms with Gasteiger partial charge in [0.1, 0.15) is 0 Å². The van der Waals surface area contributed by atoms with Gasteiger partial charge in [-0.2, -0.15) is 12.6 Å². The Morgan fingerprint density at radius 3 is 2.36 bits per heavy atom. The molecule has 0 fully saturated rings. The molecule has 0 unspecified atom stereocenters. The van der Waals surface area contributed by atoms with E-state index in [0.717, 1.165) is 5.56 Å². The van der Waals surface area contributed by atoms with Crippen molar-refractivity contribution < 1.29 is 0 Å². The van der Waals surface area contributed by atoms with Gasteiger partial charge in [-0.3, -0.25) is 0 Å². The van der Waals surface area contributed by atoms with Gasteiger partial charge in [-0.15, -0.1) is 12.6 Å². The van der Waals surface area contributed by atoms with Crippen LogP contribution >= 0.6 is 25.3 Å². The predicted octanol–water partition coefficient (Wildman–Crippen LogP) is 1.57. The van der Waals surface area contributed by atoms with Crippen molar-refractivity contribution in [2.24, 2.45) is 0 Å². The molecule has 0 aromatic heterocycles. The first-order chi connectivity index (χ1) is 5.15. The second-order valence-corrected chi connectivity index (χ2v) is 3.07. The molecule has 0 spiro atoms. The van der Waals surface area contributed by atoms with E-state index < -0.39 is 0 Å². The molecule has 1 aromatic rings. The molecule has 0 aliphatic rings. The first kappa shape index (κ1) is 8.62. The fourth-order valence-corrected chi connectivity index (χ4v) is 1.28. The zero-order valence-electron chi connectivity index (χ0n) is 5.91. The van der Waals surface area contributed by atoms with Crippen molar-refractivity contribution in [1.82, 2.24) is 0 Å². The highest BCUT2D eigenvalue weighted by molar-refractivity contribution is 7.80. The van der Waals surface area contributed by atoms with Gasteiger partial charge in [0.2, 0.25) is 0 Å². The number of nitrogens with two attached hydrogens (primary N) is 2. The van der Waals surface area contributed by atoms with Crippen molar-refractivity contribution in [3.05, 3.63) is 17.7 Å². The first-order valence-electron chi connectivity index (χ1n) is 3.13. The lowest BCUT2D eigenvalue weighted by Gasteiger charge is -2.05. The van der Waals surface area contributed by atoms with Crippen LogP contribution in [0.5, 0.6) is 0 Å². The van der Waals surface area contributed by atoms with E-state index in [0.29, 0.717) is 22.0 Å². The van der Waals surface area contributed by atoms with Crippen LogP contribution < -0.4 is 11.5 Å². The molecule has 60 valence electrons. The molecule has 0 radical (unpaired) electrons. The minimum absolute atomic E-state index is 0.601. The molecule has 0 saturated carbocycles. The van der Waals surface area contributed by atoms with Crippen molar-refractivity contribution in [3.8, 4) is 0 Å². The van der Waals surface area contributed by atoms with Crippen molar-refractivity contribution >= 4 is 36.6 Å². The SMILES string of the molecule is Nc1cc(CS)c(N)cc1S. The molecule has 2 nitrogen and oxygen atoms in total. The van der Waals surface area contributed by atoms with Crippen molar-refractivity contribution in [3.63, 3.8) is 0 Å². The van der Waals surface area contributed by atoms with Gasteiger partial charge in [0.15, 0.2) is 0 Å². The summed E-state index contributed by atoms with van der Waals surface area (Å²) in [5.74, 6) is 0.601. The Morgan fingerprint density at radius 1 is 1.18 bits per heavy atom. The minimum atomic E-state index is 0.601. The van der Waals surface area contributed by atoms with Crippen LogP contribution in [0.2, 0.25) is 0 Å². The maximum absolute atomic E-state index is 5.65. The van der Waals surface area contributed by atoms with Gasteiger partial charge < -0.3 is 11.5 Å². The van der Waals surface area contributed by atoms with Crippen molar-refractivity contribution in [1.29, 1.82) is 0 Å². The zero-order chi connectivity index (χ0) is 8.43. The van der Waals surface area contributed by atoms with Crippen LogP contribution in [0, 0.1) is 0 Å². The standard InChI is InChI=1S/C7H10N2S2/c8-5-2-7(11)6(9)1-4(5)3-10/h1-2,10-11H,3,8-9H2. The average Bonchev–Trinajstić information content (AvgIpc) is 1.97. The fourth-order valence-electron chi connectivity index (χ4n) is 0.805. The summed E-state index contributed by atoms with van der Waals surface area (Å²) < 4.78 is 0. The van der Waals surface area contributed by atoms with E-state index in [1.165, 1.54) is 0 Å². The highest BCUT2D eigenvalue weighted by atomic mass is 32.1. The number of benzene rings is 1. The summed E-state index contributed by atoms with van der Waals surface area (Å²) in [7, 11) is 0. The van der Waals surface area contributed by atoms with Gasteiger partial charge in [-0.25, -0.2) is 0 Å². The lowest BCUT2D eigenvalue weighted by Crippen LogP contribution is -1.95. The molecular weight excluding hydrogens is 176 g/mol. The Hall–Kier alpha value is -0.480. The van der Waals surface area contributed by atoms with Crippen LogP contribution in [-0.2, 0) is 5.75 Å². The summed E-state index contributed by atoms with van der Waals surface area (Å²) in [5.41, 5.74) is 13.5. The second kappa shape index (κ2) is 3.28. The average molecular weight is 186 g/mol. The van der Waals surface area contributed by atoms with Crippen LogP contribution in [0.4, 0.5) is 11.4 Å². The quantitative estimate of drug-likeness (QED) is 0.397. The molecule has 0 heterocycles. The van der Waals surface area contributed by atoms with Gasteiger partial charge >= 0.3 is 0 Å². The van der Waals surface area contributed by atoms with E-state index >= 15 is 0 Å². The Morgan fingerprint density at radius 2 is 1.82 bits per heavy atom. The van der Waals surface area contributed by atoms with E-state index in [1.807, 2.05) is 0 Å². The van der Waals surface area contributed by atoms with Gasteiger partial charge in [-0.1, -0.05) is 0 Å².